The van der Waals surface area contributed by atoms with E-state index in [1.54, 1.807) is 11.6 Å². The summed E-state index contributed by atoms with van der Waals surface area (Å²) in [6, 6.07) is 5.28. The van der Waals surface area contributed by atoms with Crippen molar-refractivity contribution >= 4 is 17.2 Å². The summed E-state index contributed by atoms with van der Waals surface area (Å²) in [5.41, 5.74) is 0.434. The molecule has 0 aromatic carbocycles. The summed E-state index contributed by atoms with van der Waals surface area (Å²) in [5, 5.41) is 5.68. The van der Waals surface area contributed by atoms with Crippen LogP contribution in [-0.4, -0.2) is 60.2 Å². The van der Waals surface area contributed by atoms with E-state index in [4.69, 9.17) is 9.47 Å². The lowest BCUT2D eigenvalue weighted by Crippen LogP contribution is -2.52. The Morgan fingerprint density at radius 3 is 3.12 bits per heavy atom. The second-order valence-electron chi connectivity index (χ2n) is 6.13. The van der Waals surface area contributed by atoms with Gasteiger partial charge in [-0.2, -0.15) is 0 Å². The predicted molar refractivity (Wildman–Crippen MR) is 94.8 cm³/mol. The smallest absolute Gasteiger partial charge is 0.271 e. The highest BCUT2D eigenvalue weighted by Gasteiger charge is 2.30. The third kappa shape index (κ3) is 4.97. The molecule has 1 aliphatic heterocycles. The molecule has 0 saturated carbocycles. The van der Waals surface area contributed by atoms with Gasteiger partial charge in [0, 0.05) is 30.6 Å². The monoisotopic (exact) mass is 362 g/mol. The van der Waals surface area contributed by atoms with E-state index in [2.05, 4.69) is 15.3 Å². The van der Waals surface area contributed by atoms with Gasteiger partial charge in [0.25, 0.3) is 5.91 Å². The zero-order chi connectivity index (χ0) is 17.6. The first-order chi connectivity index (χ1) is 12.1. The molecule has 0 bridgehead atoms. The Bertz CT molecular complexity index is 692. The molecule has 1 fully saturated rings. The standard InChI is InChI=1S/C17H22N4O3S/c1-21(2)9-16-19-13(11-25-16)17(22)20-12-10-23-8-6-14(12)24-15-5-3-4-7-18-15/h3-5,7,11-12,14H,6,8-10H2,1-2H3,(H,20,22)/t12-,14-/m0/s1. The molecular weight excluding hydrogens is 340 g/mol. The zero-order valence-corrected chi connectivity index (χ0v) is 15.2. The number of thiazole rings is 1. The minimum atomic E-state index is -0.234. The van der Waals surface area contributed by atoms with Gasteiger partial charge in [-0.3, -0.25) is 4.79 Å². The molecule has 0 unspecified atom stereocenters. The van der Waals surface area contributed by atoms with E-state index in [0.717, 1.165) is 11.6 Å². The molecule has 25 heavy (non-hydrogen) atoms. The quantitative estimate of drug-likeness (QED) is 0.841. The van der Waals surface area contributed by atoms with Crippen LogP contribution in [0, 0.1) is 0 Å². The third-order valence-electron chi connectivity index (χ3n) is 3.76. The van der Waals surface area contributed by atoms with Crippen LogP contribution in [0.1, 0.15) is 21.9 Å². The summed E-state index contributed by atoms with van der Waals surface area (Å²) in [4.78, 5) is 23.1. The highest BCUT2D eigenvalue weighted by atomic mass is 32.1. The highest BCUT2D eigenvalue weighted by molar-refractivity contribution is 7.09. The molecule has 3 heterocycles. The molecule has 0 aliphatic carbocycles. The van der Waals surface area contributed by atoms with Crippen LogP contribution in [0.25, 0.3) is 0 Å². The Kier molecular flexibility index (Phi) is 5.95. The molecule has 2 aromatic rings. The van der Waals surface area contributed by atoms with E-state index in [-0.39, 0.29) is 18.1 Å². The van der Waals surface area contributed by atoms with Crippen molar-refractivity contribution in [2.45, 2.75) is 25.1 Å². The largest absolute Gasteiger partial charge is 0.472 e. The molecule has 2 aromatic heterocycles. The summed E-state index contributed by atoms with van der Waals surface area (Å²) in [6.07, 6.45) is 2.21. The number of carbonyl (C=O) groups is 1. The van der Waals surface area contributed by atoms with Gasteiger partial charge in [0.05, 0.1) is 19.3 Å². The topological polar surface area (TPSA) is 76.6 Å². The van der Waals surface area contributed by atoms with Crippen LogP contribution in [0.5, 0.6) is 5.88 Å². The fraction of sp³-hybridized carbons (Fsp3) is 0.471. The number of nitrogens with one attached hydrogen (secondary N) is 1. The maximum Gasteiger partial charge on any atom is 0.271 e. The first kappa shape index (κ1) is 17.8. The van der Waals surface area contributed by atoms with E-state index in [9.17, 15) is 4.79 Å². The van der Waals surface area contributed by atoms with Crippen molar-refractivity contribution in [1.29, 1.82) is 0 Å². The number of hydrogen-bond acceptors (Lipinski definition) is 7. The minimum absolute atomic E-state index is 0.174. The number of pyridine rings is 1. The van der Waals surface area contributed by atoms with E-state index < -0.39 is 0 Å². The zero-order valence-electron chi connectivity index (χ0n) is 14.3. The second-order valence-corrected chi connectivity index (χ2v) is 7.07. The molecule has 134 valence electrons. The number of carbonyl (C=O) groups excluding carboxylic acids is 1. The molecule has 3 rings (SSSR count). The normalized spacial score (nSPS) is 20.4. The first-order valence-electron chi connectivity index (χ1n) is 8.17. The summed E-state index contributed by atoms with van der Waals surface area (Å²) in [7, 11) is 3.94. The molecule has 0 radical (unpaired) electrons. The van der Waals surface area contributed by atoms with E-state index in [1.165, 1.54) is 11.3 Å². The van der Waals surface area contributed by atoms with Gasteiger partial charge in [-0.15, -0.1) is 11.3 Å². The van der Waals surface area contributed by atoms with Gasteiger partial charge < -0.3 is 19.7 Å². The maximum absolute atomic E-state index is 12.5. The van der Waals surface area contributed by atoms with Crippen LogP contribution in [0.3, 0.4) is 0 Å². The Hall–Kier alpha value is -2.03. The summed E-state index contributed by atoms with van der Waals surface area (Å²) in [5.74, 6) is 0.349. The average Bonchev–Trinajstić information content (AvgIpc) is 3.05. The van der Waals surface area contributed by atoms with Crippen molar-refractivity contribution in [3.8, 4) is 5.88 Å². The number of nitrogens with zero attached hydrogens (tertiary/aromatic N) is 3. The Morgan fingerprint density at radius 1 is 1.48 bits per heavy atom. The third-order valence-corrected chi connectivity index (χ3v) is 4.59. The van der Waals surface area contributed by atoms with Gasteiger partial charge in [0.2, 0.25) is 5.88 Å². The number of amides is 1. The summed E-state index contributed by atoms with van der Waals surface area (Å²) >= 11 is 1.49. The Morgan fingerprint density at radius 2 is 2.36 bits per heavy atom. The summed E-state index contributed by atoms with van der Waals surface area (Å²) < 4.78 is 11.4. The first-order valence-corrected chi connectivity index (χ1v) is 9.05. The van der Waals surface area contributed by atoms with Crippen LogP contribution in [0.15, 0.2) is 29.8 Å². The lowest BCUT2D eigenvalue weighted by Gasteiger charge is -2.31. The van der Waals surface area contributed by atoms with Crippen LogP contribution < -0.4 is 10.1 Å². The second kappa shape index (κ2) is 8.37. The lowest BCUT2D eigenvalue weighted by molar-refractivity contribution is -0.00454. The lowest BCUT2D eigenvalue weighted by atomic mass is 10.1. The Labute approximate surface area is 151 Å². The van der Waals surface area contributed by atoms with Crippen LogP contribution >= 0.6 is 11.3 Å². The van der Waals surface area contributed by atoms with Gasteiger partial charge in [-0.05, 0) is 20.2 Å². The molecule has 8 heteroatoms. The van der Waals surface area contributed by atoms with Crippen molar-refractivity contribution in [2.24, 2.45) is 0 Å². The van der Waals surface area contributed by atoms with Gasteiger partial charge in [0.15, 0.2) is 0 Å². The molecule has 1 saturated heterocycles. The molecule has 1 amide bonds. The summed E-state index contributed by atoms with van der Waals surface area (Å²) in [6.45, 7) is 1.74. The number of aromatic nitrogens is 2. The van der Waals surface area contributed by atoms with Crippen molar-refractivity contribution < 1.29 is 14.3 Å². The average molecular weight is 362 g/mol. The molecule has 1 aliphatic rings. The van der Waals surface area contributed by atoms with Crippen LogP contribution in [0.4, 0.5) is 0 Å². The van der Waals surface area contributed by atoms with E-state index in [0.29, 0.717) is 31.2 Å². The molecule has 0 spiro atoms. The van der Waals surface area contributed by atoms with Crippen molar-refractivity contribution in [3.05, 3.63) is 40.5 Å². The molecule has 1 N–H and O–H groups in total. The SMILES string of the molecule is CN(C)Cc1nc(C(=O)N[C@H]2COCC[C@@H]2Oc2ccccn2)cs1. The minimum Gasteiger partial charge on any atom is -0.472 e. The fourth-order valence-electron chi connectivity index (χ4n) is 2.57. The molecule has 7 nitrogen and oxygen atoms in total. The maximum atomic E-state index is 12.5. The number of ether oxygens (including phenoxy) is 2. The van der Waals surface area contributed by atoms with E-state index in [1.807, 2.05) is 37.2 Å². The highest BCUT2D eigenvalue weighted by Crippen LogP contribution is 2.17. The predicted octanol–water partition coefficient (Wildman–Crippen LogP) is 1.57. The number of hydrogen-bond donors (Lipinski definition) is 1. The molecular formula is C17H22N4O3S. The fourth-order valence-corrected chi connectivity index (χ4v) is 3.46. The van der Waals surface area contributed by atoms with Crippen molar-refractivity contribution in [1.82, 2.24) is 20.2 Å². The van der Waals surface area contributed by atoms with Crippen molar-refractivity contribution in [2.75, 3.05) is 27.3 Å². The van der Waals surface area contributed by atoms with Gasteiger partial charge in [-0.25, -0.2) is 9.97 Å². The molecule has 2 atom stereocenters. The van der Waals surface area contributed by atoms with Gasteiger partial charge in [0.1, 0.15) is 16.8 Å². The van der Waals surface area contributed by atoms with E-state index >= 15 is 0 Å². The van der Waals surface area contributed by atoms with Crippen LogP contribution in [-0.2, 0) is 11.3 Å². The Balaban J connectivity index is 1.62. The van der Waals surface area contributed by atoms with Gasteiger partial charge >= 0.3 is 0 Å². The van der Waals surface area contributed by atoms with Crippen molar-refractivity contribution in [3.63, 3.8) is 0 Å². The number of rotatable bonds is 6. The van der Waals surface area contributed by atoms with Gasteiger partial charge in [-0.1, -0.05) is 6.07 Å². The van der Waals surface area contributed by atoms with Crippen LogP contribution in [0.2, 0.25) is 0 Å².